The highest BCUT2D eigenvalue weighted by atomic mass is 16.6. The molecule has 6 heteroatoms. The van der Waals surface area contributed by atoms with E-state index in [1.165, 1.54) is 7.11 Å². The van der Waals surface area contributed by atoms with Crippen LogP contribution in [0.1, 0.15) is 47.7 Å². The van der Waals surface area contributed by atoms with Crippen LogP contribution in [0, 0.1) is 0 Å². The molecule has 0 amide bonds. The van der Waals surface area contributed by atoms with Crippen molar-refractivity contribution in [1.82, 2.24) is 0 Å². The summed E-state index contributed by atoms with van der Waals surface area (Å²) in [7, 11) is 1.48. The summed E-state index contributed by atoms with van der Waals surface area (Å²) in [5.41, 5.74) is 0.110. The first-order valence-corrected chi connectivity index (χ1v) is 7.31. The topological polar surface area (TPSA) is 93.1 Å². The third-order valence-electron chi connectivity index (χ3n) is 4.56. The lowest BCUT2D eigenvalue weighted by atomic mass is 9.75. The Morgan fingerprint density at radius 1 is 1.45 bits per heavy atom. The Morgan fingerprint density at radius 3 is 2.73 bits per heavy atom. The Balaban J connectivity index is 2.25. The number of methoxy groups -OCH3 is 1. The van der Waals surface area contributed by atoms with Gasteiger partial charge in [0.05, 0.1) is 12.7 Å². The van der Waals surface area contributed by atoms with Gasteiger partial charge in [-0.3, -0.25) is 4.79 Å². The van der Waals surface area contributed by atoms with E-state index in [0.29, 0.717) is 29.7 Å². The lowest BCUT2D eigenvalue weighted by Crippen LogP contribution is -2.33. The summed E-state index contributed by atoms with van der Waals surface area (Å²) >= 11 is 0. The largest absolute Gasteiger partial charge is 0.507 e. The molecule has 2 N–H and O–H groups in total. The fourth-order valence-corrected chi connectivity index (χ4v) is 3.44. The Bertz CT molecular complexity index is 665. The molecule has 1 saturated heterocycles. The summed E-state index contributed by atoms with van der Waals surface area (Å²) in [6.45, 7) is 1.85. The van der Waals surface area contributed by atoms with Crippen LogP contribution in [0.4, 0.5) is 0 Å². The molecule has 1 aliphatic heterocycles. The highest BCUT2D eigenvalue weighted by Gasteiger charge is 2.52. The van der Waals surface area contributed by atoms with Crippen molar-refractivity contribution in [2.75, 3.05) is 7.11 Å². The van der Waals surface area contributed by atoms with Gasteiger partial charge >= 0.3 is 5.97 Å². The van der Waals surface area contributed by atoms with Crippen LogP contribution >= 0.6 is 0 Å². The molecule has 1 aliphatic carbocycles. The molecule has 0 bridgehead atoms. The molecule has 22 heavy (non-hydrogen) atoms. The van der Waals surface area contributed by atoms with Crippen LogP contribution in [-0.4, -0.2) is 35.2 Å². The maximum atomic E-state index is 12.3. The number of Topliss-reactive ketones (excluding diaryl/α,β-unsaturated/α-hetero) is 1. The van der Waals surface area contributed by atoms with Gasteiger partial charge in [0.2, 0.25) is 0 Å². The number of carbonyl (C=O) groups is 2. The van der Waals surface area contributed by atoms with Crippen LogP contribution in [0.5, 0.6) is 11.5 Å². The molecule has 1 aromatic carbocycles. The van der Waals surface area contributed by atoms with Gasteiger partial charge in [0.1, 0.15) is 17.1 Å². The second kappa shape index (κ2) is 4.98. The van der Waals surface area contributed by atoms with Crippen LogP contribution in [-0.2, 0) is 21.6 Å². The quantitative estimate of drug-likeness (QED) is 0.803. The van der Waals surface area contributed by atoms with Gasteiger partial charge in [-0.15, -0.1) is 0 Å². The number of ether oxygens (including phenoxy) is 2. The van der Waals surface area contributed by atoms with Crippen LogP contribution in [0.25, 0.3) is 0 Å². The highest BCUT2D eigenvalue weighted by molar-refractivity contribution is 6.02. The lowest BCUT2D eigenvalue weighted by molar-refractivity contribution is -0.154. The van der Waals surface area contributed by atoms with Crippen molar-refractivity contribution >= 4 is 11.8 Å². The summed E-state index contributed by atoms with van der Waals surface area (Å²) in [5, 5.41) is 20.2. The number of rotatable bonds is 2. The molecule has 0 radical (unpaired) electrons. The first-order chi connectivity index (χ1) is 10.4. The third kappa shape index (κ3) is 1.90. The van der Waals surface area contributed by atoms with Crippen molar-refractivity contribution in [1.29, 1.82) is 0 Å². The van der Waals surface area contributed by atoms with Gasteiger partial charge in [-0.2, -0.15) is 0 Å². The Hall–Kier alpha value is -2.08. The van der Waals surface area contributed by atoms with E-state index in [4.69, 9.17) is 9.47 Å². The summed E-state index contributed by atoms with van der Waals surface area (Å²) in [6, 6.07) is 1.65. The zero-order chi connectivity index (χ0) is 16.1. The molecule has 0 saturated carbocycles. The van der Waals surface area contributed by atoms with E-state index in [1.807, 2.05) is 6.92 Å². The Kier molecular flexibility index (Phi) is 3.36. The number of fused-ring (bicyclic) bond motifs is 2. The Morgan fingerprint density at radius 2 is 2.18 bits per heavy atom. The lowest BCUT2D eigenvalue weighted by Gasteiger charge is -2.34. The molecular formula is C16H18O6. The number of esters is 1. The molecule has 2 atom stereocenters. The molecule has 0 unspecified atom stereocenters. The molecular weight excluding hydrogens is 288 g/mol. The minimum Gasteiger partial charge on any atom is -0.507 e. The molecule has 2 aliphatic rings. The smallest absolute Gasteiger partial charge is 0.336 e. The van der Waals surface area contributed by atoms with Gasteiger partial charge in [0.15, 0.2) is 11.9 Å². The molecule has 6 nitrogen and oxygen atoms in total. The maximum Gasteiger partial charge on any atom is 0.336 e. The molecule has 1 heterocycles. The number of aliphatic hydroxyl groups is 1. The standard InChI is InChI=1S/C16H18O6/c1-3-8-12(21-2)6-9-13(14(8)19)10(17)4-5-16(9)7-11(18)15(20)22-16/h6,11,18-19H,3-5,7H2,1-2H3/t11-,16-/m1/s1. The number of hydrogen-bond donors (Lipinski definition) is 2. The van der Waals surface area contributed by atoms with Gasteiger partial charge < -0.3 is 19.7 Å². The number of aliphatic hydroxyl groups excluding tert-OH is 1. The second-order valence-electron chi connectivity index (χ2n) is 5.74. The van der Waals surface area contributed by atoms with Crippen molar-refractivity contribution in [3.63, 3.8) is 0 Å². The van der Waals surface area contributed by atoms with Gasteiger partial charge in [-0.25, -0.2) is 4.79 Å². The van der Waals surface area contributed by atoms with Gasteiger partial charge in [-0.1, -0.05) is 6.92 Å². The van der Waals surface area contributed by atoms with Crippen molar-refractivity contribution < 1.29 is 29.3 Å². The highest BCUT2D eigenvalue weighted by Crippen LogP contribution is 2.50. The molecule has 1 spiro atoms. The van der Waals surface area contributed by atoms with E-state index in [1.54, 1.807) is 6.07 Å². The molecule has 1 fully saturated rings. The Labute approximate surface area is 127 Å². The number of benzene rings is 1. The fourth-order valence-electron chi connectivity index (χ4n) is 3.44. The molecule has 0 aromatic heterocycles. The van der Waals surface area contributed by atoms with Crippen molar-refractivity contribution in [3.05, 3.63) is 22.8 Å². The minimum absolute atomic E-state index is 0.0835. The number of aromatic hydroxyl groups is 1. The van der Waals surface area contributed by atoms with E-state index in [2.05, 4.69) is 0 Å². The van der Waals surface area contributed by atoms with Crippen molar-refractivity contribution in [2.24, 2.45) is 0 Å². The monoisotopic (exact) mass is 306 g/mol. The van der Waals surface area contributed by atoms with Crippen LogP contribution in [0.3, 0.4) is 0 Å². The number of ketones is 1. The summed E-state index contributed by atoms with van der Waals surface area (Å²) in [6.07, 6.45) is -0.156. The van der Waals surface area contributed by atoms with Crippen LogP contribution in [0.15, 0.2) is 6.07 Å². The first-order valence-electron chi connectivity index (χ1n) is 7.31. The van der Waals surface area contributed by atoms with E-state index in [-0.39, 0.29) is 29.9 Å². The number of carbonyl (C=O) groups excluding carboxylic acids is 2. The maximum absolute atomic E-state index is 12.3. The van der Waals surface area contributed by atoms with Crippen molar-refractivity contribution in [2.45, 2.75) is 44.3 Å². The van der Waals surface area contributed by atoms with Crippen LogP contribution in [0.2, 0.25) is 0 Å². The van der Waals surface area contributed by atoms with Crippen LogP contribution < -0.4 is 4.74 Å². The molecule has 118 valence electrons. The normalized spacial score (nSPS) is 27.0. The van der Waals surface area contributed by atoms with E-state index in [0.717, 1.165) is 0 Å². The fraction of sp³-hybridized carbons (Fsp3) is 0.500. The number of phenols is 1. The van der Waals surface area contributed by atoms with E-state index >= 15 is 0 Å². The predicted molar refractivity (Wildman–Crippen MR) is 76.0 cm³/mol. The second-order valence-corrected chi connectivity index (χ2v) is 5.74. The summed E-state index contributed by atoms with van der Waals surface area (Å²) in [4.78, 5) is 23.9. The average Bonchev–Trinajstić information content (AvgIpc) is 2.78. The first kappa shape index (κ1) is 14.8. The van der Waals surface area contributed by atoms with Gasteiger partial charge in [-0.05, 0) is 18.9 Å². The van der Waals surface area contributed by atoms with E-state index in [9.17, 15) is 19.8 Å². The van der Waals surface area contributed by atoms with Crippen molar-refractivity contribution in [3.8, 4) is 11.5 Å². The summed E-state index contributed by atoms with van der Waals surface area (Å²) in [5.74, 6) is -0.546. The molecule has 1 aromatic rings. The third-order valence-corrected chi connectivity index (χ3v) is 4.56. The SMILES string of the molecule is CCc1c(OC)cc2c(c1O)C(=O)CC[C@@]21C[C@@H](O)C(=O)O1. The van der Waals surface area contributed by atoms with Gasteiger partial charge in [0, 0.05) is 24.0 Å². The van der Waals surface area contributed by atoms with Gasteiger partial charge in [0.25, 0.3) is 0 Å². The number of hydrogen-bond acceptors (Lipinski definition) is 6. The number of phenolic OH excluding ortho intramolecular Hbond substituents is 1. The predicted octanol–water partition coefficient (Wildman–Crippen LogP) is 1.44. The average molecular weight is 306 g/mol. The minimum atomic E-state index is -1.21. The summed E-state index contributed by atoms with van der Waals surface area (Å²) < 4.78 is 10.7. The zero-order valence-corrected chi connectivity index (χ0v) is 12.5. The van der Waals surface area contributed by atoms with E-state index < -0.39 is 17.7 Å². The zero-order valence-electron chi connectivity index (χ0n) is 12.5. The molecule has 3 rings (SSSR count).